The second kappa shape index (κ2) is 4.66. The van der Waals surface area contributed by atoms with Crippen LogP contribution in [0.5, 0.6) is 0 Å². The smallest absolute Gasteiger partial charge is 0.298 e. The number of ether oxygens (including phenoxy) is 1. The van der Waals surface area contributed by atoms with Gasteiger partial charge in [0.25, 0.3) is 6.01 Å². The van der Waals surface area contributed by atoms with E-state index < -0.39 is 0 Å². The molecule has 2 N–H and O–H groups in total. The van der Waals surface area contributed by atoms with E-state index in [1.807, 2.05) is 18.2 Å². The van der Waals surface area contributed by atoms with Crippen molar-refractivity contribution in [2.45, 2.75) is 37.8 Å². The number of anilines is 2. The van der Waals surface area contributed by atoms with Crippen LogP contribution < -0.4 is 10.6 Å². The molecule has 0 spiro atoms. The Morgan fingerprint density at radius 1 is 1.25 bits per heavy atom. The molecule has 1 saturated heterocycles. The summed E-state index contributed by atoms with van der Waals surface area (Å²) < 4.78 is 11.8. The number of nitrogens with two attached hydrogens (primary N) is 1. The minimum absolute atomic E-state index is 0.324. The van der Waals surface area contributed by atoms with Gasteiger partial charge < -0.3 is 19.8 Å². The molecule has 2 unspecified atom stereocenters. The molecule has 4 rings (SSSR count). The van der Waals surface area contributed by atoms with Crippen molar-refractivity contribution < 1.29 is 9.15 Å². The van der Waals surface area contributed by atoms with E-state index in [0.29, 0.717) is 23.8 Å². The van der Waals surface area contributed by atoms with Gasteiger partial charge in [0.2, 0.25) is 0 Å². The molecule has 5 nitrogen and oxygen atoms in total. The van der Waals surface area contributed by atoms with Crippen molar-refractivity contribution in [3.63, 3.8) is 0 Å². The summed E-state index contributed by atoms with van der Waals surface area (Å²) in [5, 5.41) is 0. The third-order valence-electron chi connectivity index (χ3n) is 4.42. The molecule has 2 aromatic rings. The molecule has 1 aliphatic carbocycles. The van der Waals surface area contributed by atoms with Gasteiger partial charge in [-0.25, -0.2) is 0 Å². The van der Waals surface area contributed by atoms with E-state index in [1.165, 1.54) is 12.8 Å². The fourth-order valence-corrected chi connectivity index (χ4v) is 3.41. The number of rotatable bonds is 1. The van der Waals surface area contributed by atoms with Crippen molar-refractivity contribution in [3.8, 4) is 0 Å². The summed E-state index contributed by atoms with van der Waals surface area (Å²) in [7, 11) is 0. The van der Waals surface area contributed by atoms with Gasteiger partial charge in [0, 0.05) is 6.54 Å². The largest absolute Gasteiger partial charge is 0.423 e. The van der Waals surface area contributed by atoms with Crippen LogP contribution in [0.1, 0.15) is 25.7 Å². The number of para-hydroxylation sites is 1. The summed E-state index contributed by atoms with van der Waals surface area (Å²) in [6.45, 7) is 1.59. The van der Waals surface area contributed by atoms with E-state index in [-0.39, 0.29) is 0 Å². The average Bonchev–Trinajstić information content (AvgIpc) is 2.92. The number of aromatic nitrogens is 1. The molecule has 0 bridgehead atoms. The fourth-order valence-electron chi connectivity index (χ4n) is 3.41. The third-order valence-corrected chi connectivity index (χ3v) is 4.42. The molecule has 0 radical (unpaired) electrons. The molecular formula is C15H19N3O2. The van der Waals surface area contributed by atoms with Gasteiger partial charge in [0.05, 0.1) is 24.4 Å². The Kier molecular flexibility index (Phi) is 2.80. The number of benzene rings is 1. The molecule has 0 amide bonds. The molecule has 2 aliphatic rings. The summed E-state index contributed by atoms with van der Waals surface area (Å²) in [5.74, 6) is 0. The third kappa shape index (κ3) is 1.85. The van der Waals surface area contributed by atoms with Gasteiger partial charge in [-0.15, -0.1) is 0 Å². The van der Waals surface area contributed by atoms with Gasteiger partial charge >= 0.3 is 0 Å². The van der Waals surface area contributed by atoms with Crippen molar-refractivity contribution >= 4 is 22.8 Å². The minimum atomic E-state index is 0.324. The van der Waals surface area contributed by atoms with E-state index in [4.69, 9.17) is 14.9 Å². The zero-order chi connectivity index (χ0) is 13.5. The summed E-state index contributed by atoms with van der Waals surface area (Å²) in [6.07, 6.45) is 5.13. The Morgan fingerprint density at radius 2 is 2.15 bits per heavy atom. The highest BCUT2D eigenvalue weighted by Gasteiger charge is 2.36. The van der Waals surface area contributed by atoms with Crippen LogP contribution in [-0.4, -0.2) is 30.3 Å². The van der Waals surface area contributed by atoms with Crippen molar-refractivity contribution in [3.05, 3.63) is 18.2 Å². The maximum absolute atomic E-state index is 5.97. The summed E-state index contributed by atoms with van der Waals surface area (Å²) in [6, 6.07) is 6.76. The second-order valence-corrected chi connectivity index (χ2v) is 5.64. The number of hydrogen-bond acceptors (Lipinski definition) is 5. The molecule has 2 fully saturated rings. The zero-order valence-corrected chi connectivity index (χ0v) is 11.4. The van der Waals surface area contributed by atoms with Crippen LogP contribution in [0.25, 0.3) is 11.1 Å². The molecule has 106 valence electrons. The first kappa shape index (κ1) is 12.0. The number of nitrogens with zero attached hydrogens (tertiary/aromatic N) is 2. The first-order chi connectivity index (χ1) is 9.83. The highest BCUT2D eigenvalue weighted by molar-refractivity contribution is 5.86. The first-order valence-corrected chi connectivity index (χ1v) is 7.36. The van der Waals surface area contributed by atoms with Gasteiger partial charge in [-0.05, 0) is 25.0 Å². The van der Waals surface area contributed by atoms with Crippen molar-refractivity contribution in [1.82, 2.24) is 4.98 Å². The van der Waals surface area contributed by atoms with Gasteiger partial charge in [-0.1, -0.05) is 18.9 Å². The predicted molar refractivity (Wildman–Crippen MR) is 77.8 cm³/mol. The summed E-state index contributed by atoms with van der Waals surface area (Å²) >= 11 is 0. The Hall–Kier alpha value is -1.75. The summed E-state index contributed by atoms with van der Waals surface area (Å²) in [4.78, 5) is 6.88. The standard InChI is InChI=1S/C15H19N3O2/c16-10-4-3-7-13-14(10)17-15(20-13)18-8-9-19-12-6-2-1-5-11(12)18/h3-4,7,11-12H,1-2,5-6,8-9,16H2. The van der Waals surface area contributed by atoms with E-state index in [0.717, 1.165) is 37.1 Å². The van der Waals surface area contributed by atoms with Crippen molar-refractivity contribution in [1.29, 1.82) is 0 Å². The van der Waals surface area contributed by atoms with Crippen molar-refractivity contribution in [2.75, 3.05) is 23.8 Å². The van der Waals surface area contributed by atoms with Gasteiger partial charge in [0.1, 0.15) is 5.52 Å². The van der Waals surface area contributed by atoms with Crippen LogP contribution in [0, 0.1) is 0 Å². The molecule has 2 atom stereocenters. The van der Waals surface area contributed by atoms with Crippen LogP contribution in [0.4, 0.5) is 11.7 Å². The maximum atomic E-state index is 5.97. The van der Waals surface area contributed by atoms with Gasteiger partial charge in [0.15, 0.2) is 5.58 Å². The lowest BCUT2D eigenvalue weighted by molar-refractivity contribution is -0.0105. The number of nitrogen functional groups attached to an aromatic ring is 1. The molecule has 1 saturated carbocycles. The Morgan fingerprint density at radius 3 is 3.05 bits per heavy atom. The zero-order valence-electron chi connectivity index (χ0n) is 11.4. The van der Waals surface area contributed by atoms with Crippen LogP contribution in [0.3, 0.4) is 0 Å². The molecule has 20 heavy (non-hydrogen) atoms. The number of oxazole rings is 1. The lowest BCUT2D eigenvalue weighted by Crippen LogP contribution is -2.53. The Labute approximate surface area is 117 Å². The number of morpholine rings is 1. The van der Waals surface area contributed by atoms with E-state index in [2.05, 4.69) is 9.88 Å². The normalized spacial score (nSPS) is 26.7. The van der Waals surface area contributed by atoms with Crippen molar-refractivity contribution in [2.24, 2.45) is 0 Å². The maximum Gasteiger partial charge on any atom is 0.298 e. The molecule has 2 heterocycles. The lowest BCUT2D eigenvalue weighted by Gasteiger charge is -2.42. The van der Waals surface area contributed by atoms with Gasteiger partial charge in [-0.3, -0.25) is 0 Å². The predicted octanol–water partition coefficient (Wildman–Crippen LogP) is 2.56. The van der Waals surface area contributed by atoms with E-state index in [1.54, 1.807) is 0 Å². The minimum Gasteiger partial charge on any atom is -0.423 e. The van der Waals surface area contributed by atoms with Crippen LogP contribution >= 0.6 is 0 Å². The van der Waals surface area contributed by atoms with E-state index in [9.17, 15) is 0 Å². The fraction of sp³-hybridized carbons (Fsp3) is 0.533. The topological polar surface area (TPSA) is 64.5 Å². The Bertz CT molecular complexity index is 623. The second-order valence-electron chi connectivity index (χ2n) is 5.64. The molecule has 1 aromatic heterocycles. The van der Waals surface area contributed by atoms with Crippen LogP contribution in [0.15, 0.2) is 22.6 Å². The molecular weight excluding hydrogens is 254 g/mol. The number of hydrogen-bond donors (Lipinski definition) is 1. The number of fused-ring (bicyclic) bond motifs is 2. The van der Waals surface area contributed by atoms with E-state index >= 15 is 0 Å². The van der Waals surface area contributed by atoms with Crippen LogP contribution in [-0.2, 0) is 4.74 Å². The highest BCUT2D eigenvalue weighted by Crippen LogP contribution is 2.33. The molecule has 1 aliphatic heterocycles. The summed E-state index contributed by atoms with van der Waals surface area (Å²) in [5.41, 5.74) is 8.17. The molecule has 5 heteroatoms. The average molecular weight is 273 g/mol. The lowest BCUT2D eigenvalue weighted by atomic mass is 9.90. The highest BCUT2D eigenvalue weighted by atomic mass is 16.5. The SMILES string of the molecule is Nc1cccc2oc(N3CCOC4CCCCC43)nc12. The molecule has 1 aromatic carbocycles. The first-order valence-electron chi connectivity index (χ1n) is 7.36. The van der Waals surface area contributed by atoms with Gasteiger partial charge in [-0.2, -0.15) is 4.98 Å². The van der Waals surface area contributed by atoms with Crippen LogP contribution in [0.2, 0.25) is 0 Å². The Balaban J connectivity index is 1.72. The monoisotopic (exact) mass is 273 g/mol. The quantitative estimate of drug-likeness (QED) is 0.809.